The zero-order chi connectivity index (χ0) is 31.4. The first kappa shape index (κ1) is 27.0. The van der Waals surface area contributed by atoms with Crippen LogP contribution in [0.15, 0.2) is 176 Å². The number of anilines is 3. The van der Waals surface area contributed by atoms with Gasteiger partial charge in [0.25, 0.3) is 0 Å². The van der Waals surface area contributed by atoms with Crippen molar-refractivity contribution in [1.29, 1.82) is 0 Å². The van der Waals surface area contributed by atoms with Gasteiger partial charge in [-0.05, 0) is 76.2 Å². The number of fused-ring (bicyclic) bond motifs is 5. The fourth-order valence-corrected chi connectivity index (χ4v) is 7.77. The zero-order valence-corrected chi connectivity index (χ0v) is 25.6. The van der Waals surface area contributed by atoms with Gasteiger partial charge in [-0.3, -0.25) is 0 Å². The van der Waals surface area contributed by atoms with E-state index in [1.807, 2.05) is 12.1 Å². The van der Waals surface area contributed by atoms with Crippen molar-refractivity contribution in [3.63, 3.8) is 0 Å². The maximum atomic E-state index is 7.61. The molecule has 0 N–H and O–H groups in total. The van der Waals surface area contributed by atoms with Gasteiger partial charge in [0.15, 0.2) is 5.69 Å². The van der Waals surface area contributed by atoms with Crippen LogP contribution in [0.3, 0.4) is 0 Å². The lowest BCUT2D eigenvalue weighted by atomic mass is 9.62. The van der Waals surface area contributed by atoms with Crippen molar-refractivity contribution >= 4 is 44.6 Å². The predicted octanol–water partition coefficient (Wildman–Crippen LogP) is 11.5. The molecule has 0 saturated carbocycles. The molecule has 0 aliphatic carbocycles. The molecule has 0 spiro atoms. The SMILES string of the molecule is [C-]#[N+]c1ccc2c(c1)c1ccccc1n2-c1cccc(N2c3ccccc3C(c3ccccc3)(c3ccccc3)c3ccccc32)c1. The molecule has 47 heavy (non-hydrogen) atoms. The van der Waals surface area contributed by atoms with E-state index in [9.17, 15) is 0 Å². The lowest BCUT2D eigenvalue weighted by Crippen LogP contribution is -2.37. The van der Waals surface area contributed by atoms with Crippen molar-refractivity contribution in [2.24, 2.45) is 0 Å². The first-order valence-electron chi connectivity index (χ1n) is 15.9. The first-order chi connectivity index (χ1) is 23.3. The Bertz CT molecular complexity index is 2400. The van der Waals surface area contributed by atoms with Gasteiger partial charge >= 0.3 is 0 Å². The van der Waals surface area contributed by atoms with Crippen LogP contribution in [0.25, 0.3) is 32.3 Å². The zero-order valence-electron chi connectivity index (χ0n) is 25.6. The van der Waals surface area contributed by atoms with Gasteiger partial charge in [0.1, 0.15) is 0 Å². The highest BCUT2D eigenvalue weighted by Gasteiger charge is 2.46. The topological polar surface area (TPSA) is 12.5 Å². The summed E-state index contributed by atoms with van der Waals surface area (Å²) in [7, 11) is 0. The second kappa shape index (κ2) is 10.6. The van der Waals surface area contributed by atoms with Gasteiger partial charge in [0.05, 0.1) is 34.4 Å². The van der Waals surface area contributed by atoms with E-state index in [-0.39, 0.29) is 0 Å². The molecule has 0 unspecified atom stereocenters. The van der Waals surface area contributed by atoms with Gasteiger partial charge in [0.2, 0.25) is 0 Å². The molecule has 0 bridgehead atoms. The molecule has 0 amide bonds. The van der Waals surface area contributed by atoms with E-state index in [1.54, 1.807) is 0 Å². The minimum atomic E-state index is -0.503. The molecular formula is C44H29N3. The molecule has 8 aromatic rings. The van der Waals surface area contributed by atoms with E-state index in [4.69, 9.17) is 6.57 Å². The number of nitrogens with zero attached hydrogens (tertiary/aromatic N) is 3. The van der Waals surface area contributed by atoms with Crippen LogP contribution in [0.2, 0.25) is 0 Å². The van der Waals surface area contributed by atoms with Crippen LogP contribution in [0.5, 0.6) is 0 Å². The average Bonchev–Trinajstić information content (AvgIpc) is 3.48. The second-order valence-electron chi connectivity index (χ2n) is 12.0. The van der Waals surface area contributed by atoms with Crippen molar-refractivity contribution in [2.75, 3.05) is 4.90 Å². The highest BCUT2D eigenvalue weighted by Crippen LogP contribution is 2.57. The van der Waals surface area contributed by atoms with Crippen molar-refractivity contribution in [1.82, 2.24) is 4.57 Å². The molecule has 220 valence electrons. The largest absolute Gasteiger partial charge is 0.310 e. The van der Waals surface area contributed by atoms with Gasteiger partial charge in [-0.15, -0.1) is 0 Å². The van der Waals surface area contributed by atoms with Crippen molar-refractivity contribution in [3.8, 4) is 5.69 Å². The summed E-state index contributed by atoms with van der Waals surface area (Å²) >= 11 is 0. The van der Waals surface area contributed by atoms with Crippen LogP contribution in [0.1, 0.15) is 22.3 Å². The molecule has 1 aliphatic heterocycles. The smallest absolute Gasteiger partial charge is 0.188 e. The van der Waals surface area contributed by atoms with Gasteiger partial charge in [-0.1, -0.05) is 127 Å². The third kappa shape index (κ3) is 3.92. The van der Waals surface area contributed by atoms with E-state index in [1.165, 1.54) is 22.3 Å². The number of para-hydroxylation sites is 3. The average molecular weight is 600 g/mol. The summed E-state index contributed by atoms with van der Waals surface area (Å²) in [4.78, 5) is 6.14. The number of aromatic nitrogens is 1. The highest BCUT2D eigenvalue weighted by molar-refractivity contribution is 6.10. The maximum absolute atomic E-state index is 7.61. The van der Waals surface area contributed by atoms with Gasteiger partial charge < -0.3 is 9.47 Å². The molecule has 0 fully saturated rings. The summed E-state index contributed by atoms with van der Waals surface area (Å²) in [6.45, 7) is 7.61. The Kier molecular flexibility index (Phi) is 6.10. The first-order valence-corrected chi connectivity index (χ1v) is 15.9. The molecule has 2 heterocycles. The van der Waals surface area contributed by atoms with Crippen molar-refractivity contribution < 1.29 is 0 Å². The van der Waals surface area contributed by atoms with Crippen LogP contribution in [-0.4, -0.2) is 4.57 Å². The van der Waals surface area contributed by atoms with Crippen molar-refractivity contribution in [3.05, 3.63) is 210 Å². The fourth-order valence-electron chi connectivity index (χ4n) is 7.77. The molecule has 1 aliphatic rings. The lowest BCUT2D eigenvalue weighted by molar-refractivity contribution is 0.731. The molecule has 3 nitrogen and oxygen atoms in total. The van der Waals surface area contributed by atoms with Crippen LogP contribution in [0, 0.1) is 6.57 Å². The summed E-state index contributed by atoms with van der Waals surface area (Å²) in [6, 6.07) is 62.8. The molecule has 1 aromatic heterocycles. The number of hydrogen-bond donors (Lipinski definition) is 0. The standard InChI is InChI=1S/C44H29N3/c1-45-33-27-28-41-37(29-33)36-21-8-11-24-40(36)46(41)34-19-14-20-35(30-34)47-42-25-12-9-22-38(42)44(31-15-4-2-5-16-31,32-17-6-3-7-18-32)39-23-10-13-26-43(39)47/h2-30H. The van der Waals surface area contributed by atoms with Gasteiger partial charge in [-0.2, -0.15) is 0 Å². The minimum absolute atomic E-state index is 0.503. The summed E-state index contributed by atoms with van der Waals surface area (Å²) in [5, 5.41) is 2.23. The maximum Gasteiger partial charge on any atom is 0.188 e. The summed E-state index contributed by atoms with van der Waals surface area (Å²) in [5.41, 5.74) is 11.8. The van der Waals surface area contributed by atoms with Crippen LogP contribution in [-0.2, 0) is 5.41 Å². The molecule has 0 saturated heterocycles. The third-order valence-corrected chi connectivity index (χ3v) is 9.64. The van der Waals surface area contributed by atoms with E-state index in [0.717, 1.165) is 44.6 Å². The quantitative estimate of drug-likeness (QED) is 0.183. The van der Waals surface area contributed by atoms with E-state index in [2.05, 4.69) is 178 Å². The Morgan fingerprint density at radius 2 is 1.00 bits per heavy atom. The Morgan fingerprint density at radius 1 is 0.447 bits per heavy atom. The summed E-state index contributed by atoms with van der Waals surface area (Å²) in [5.74, 6) is 0. The fraction of sp³-hybridized carbons (Fsp3) is 0.0227. The minimum Gasteiger partial charge on any atom is -0.310 e. The molecule has 0 radical (unpaired) electrons. The van der Waals surface area contributed by atoms with Crippen LogP contribution < -0.4 is 4.90 Å². The van der Waals surface area contributed by atoms with E-state index < -0.39 is 5.41 Å². The summed E-state index contributed by atoms with van der Waals surface area (Å²) < 4.78 is 2.32. The predicted molar refractivity (Wildman–Crippen MR) is 194 cm³/mol. The van der Waals surface area contributed by atoms with Gasteiger partial charge in [-0.25, -0.2) is 4.85 Å². The molecule has 7 aromatic carbocycles. The number of hydrogen-bond acceptors (Lipinski definition) is 1. The highest BCUT2D eigenvalue weighted by atomic mass is 15.2. The molecule has 0 atom stereocenters. The third-order valence-electron chi connectivity index (χ3n) is 9.64. The molecule has 3 heteroatoms. The molecular weight excluding hydrogens is 571 g/mol. The monoisotopic (exact) mass is 599 g/mol. The van der Waals surface area contributed by atoms with E-state index in [0.29, 0.717) is 5.69 Å². The van der Waals surface area contributed by atoms with Crippen LogP contribution >= 0.6 is 0 Å². The Balaban J connectivity index is 1.31. The van der Waals surface area contributed by atoms with Gasteiger partial charge in [0, 0.05) is 16.8 Å². The lowest BCUT2D eigenvalue weighted by Gasteiger charge is -2.46. The van der Waals surface area contributed by atoms with E-state index >= 15 is 0 Å². The Morgan fingerprint density at radius 3 is 1.66 bits per heavy atom. The second-order valence-corrected chi connectivity index (χ2v) is 12.0. The normalized spacial score (nSPS) is 13.2. The summed E-state index contributed by atoms with van der Waals surface area (Å²) in [6.07, 6.45) is 0. The Hall–Kier alpha value is -6.37. The number of rotatable bonds is 4. The van der Waals surface area contributed by atoms with Crippen LogP contribution in [0.4, 0.5) is 22.7 Å². The molecule has 9 rings (SSSR count). The number of benzene rings is 7. The Labute approximate surface area is 274 Å². The van der Waals surface area contributed by atoms with Crippen molar-refractivity contribution in [2.45, 2.75) is 5.41 Å².